The van der Waals surface area contributed by atoms with E-state index < -0.39 is 0 Å². The molecule has 1 heterocycles. The van der Waals surface area contributed by atoms with Gasteiger partial charge in [-0.25, -0.2) is 0 Å². The number of nitrogens with one attached hydrogen (secondary N) is 2. The molecule has 21 heavy (non-hydrogen) atoms. The largest absolute Gasteiger partial charge is 0.353 e. The van der Waals surface area contributed by atoms with E-state index in [0.717, 1.165) is 43.2 Å². The normalized spacial score (nSPS) is 29.7. The average Bonchev–Trinajstić information content (AvgIpc) is 2.96. The van der Waals surface area contributed by atoms with Crippen molar-refractivity contribution in [2.75, 3.05) is 13.1 Å². The van der Waals surface area contributed by atoms with E-state index in [1.807, 2.05) is 18.2 Å². The second-order valence-corrected chi connectivity index (χ2v) is 6.57. The molecule has 1 aromatic carbocycles. The summed E-state index contributed by atoms with van der Waals surface area (Å²) in [5.41, 5.74) is 1.13. The van der Waals surface area contributed by atoms with Crippen LogP contribution in [-0.2, 0) is 4.79 Å². The summed E-state index contributed by atoms with van der Waals surface area (Å²) in [6.45, 7) is 4.40. The van der Waals surface area contributed by atoms with E-state index in [4.69, 9.17) is 0 Å². The maximum absolute atomic E-state index is 12.6. The third kappa shape index (κ3) is 3.29. The van der Waals surface area contributed by atoms with Gasteiger partial charge in [0.1, 0.15) is 0 Å². The zero-order valence-corrected chi connectivity index (χ0v) is 12.8. The van der Waals surface area contributed by atoms with Gasteiger partial charge in [0.25, 0.3) is 0 Å². The monoisotopic (exact) mass is 286 g/mol. The molecule has 114 valence electrons. The van der Waals surface area contributed by atoms with Crippen LogP contribution in [0.15, 0.2) is 30.3 Å². The fraction of sp³-hybridized carbons (Fsp3) is 0.611. The molecule has 1 aliphatic carbocycles. The summed E-state index contributed by atoms with van der Waals surface area (Å²) in [7, 11) is 0. The molecule has 1 amide bonds. The van der Waals surface area contributed by atoms with Crippen LogP contribution in [0.2, 0.25) is 0 Å². The van der Waals surface area contributed by atoms with E-state index >= 15 is 0 Å². The molecular weight excluding hydrogens is 260 g/mol. The summed E-state index contributed by atoms with van der Waals surface area (Å²) in [4.78, 5) is 12.6. The minimum absolute atomic E-state index is 0.00868. The van der Waals surface area contributed by atoms with Crippen molar-refractivity contribution in [2.24, 2.45) is 11.8 Å². The van der Waals surface area contributed by atoms with Crippen LogP contribution in [0.3, 0.4) is 0 Å². The van der Waals surface area contributed by atoms with Crippen molar-refractivity contribution in [1.82, 2.24) is 10.6 Å². The van der Waals surface area contributed by atoms with E-state index in [2.05, 4.69) is 29.7 Å². The highest BCUT2D eigenvalue weighted by Crippen LogP contribution is 2.33. The Morgan fingerprint density at radius 2 is 2.00 bits per heavy atom. The van der Waals surface area contributed by atoms with Crippen molar-refractivity contribution in [2.45, 2.75) is 44.6 Å². The number of hydrogen-bond acceptors (Lipinski definition) is 2. The quantitative estimate of drug-likeness (QED) is 0.893. The summed E-state index contributed by atoms with van der Waals surface area (Å²) >= 11 is 0. The molecule has 1 saturated carbocycles. The van der Waals surface area contributed by atoms with Crippen LogP contribution < -0.4 is 10.6 Å². The Balaban J connectivity index is 1.60. The molecule has 3 nitrogen and oxygen atoms in total. The lowest BCUT2D eigenvalue weighted by atomic mass is 9.79. The molecule has 3 rings (SSSR count). The van der Waals surface area contributed by atoms with Crippen LogP contribution in [0.25, 0.3) is 0 Å². The summed E-state index contributed by atoms with van der Waals surface area (Å²) in [6, 6.07) is 10.5. The van der Waals surface area contributed by atoms with Gasteiger partial charge in [-0.05, 0) is 56.2 Å². The molecule has 0 radical (unpaired) electrons. The van der Waals surface area contributed by atoms with Crippen molar-refractivity contribution in [3.8, 4) is 0 Å². The molecule has 1 aromatic rings. The number of carbonyl (C=O) groups excluding carboxylic acids is 1. The number of carbonyl (C=O) groups is 1. The van der Waals surface area contributed by atoms with Crippen molar-refractivity contribution >= 4 is 5.91 Å². The van der Waals surface area contributed by atoms with E-state index in [0.29, 0.717) is 6.04 Å². The third-order valence-electron chi connectivity index (χ3n) is 5.23. The number of fused-ring (bicyclic) bond motifs is 1. The summed E-state index contributed by atoms with van der Waals surface area (Å²) in [5, 5.41) is 6.80. The second kappa shape index (κ2) is 6.61. The number of benzene rings is 1. The first-order valence-corrected chi connectivity index (χ1v) is 8.34. The van der Waals surface area contributed by atoms with Gasteiger partial charge in [-0.2, -0.15) is 0 Å². The van der Waals surface area contributed by atoms with Crippen LogP contribution in [0.5, 0.6) is 0 Å². The molecule has 1 saturated heterocycles. The Hall–Kier alpha value is -1.35. The molecule has 0 spiro atoms. The van der Waals surface area contributed by atoms with E-state index in [1.165, 1.54) is 13.0 Å². The van der Waals surface area contributed by atoms with Gasteiger partial charge in [0, 0.05) is 6.04 Å². The molecule has 2 unspecified atom stereocenters. The Kier molecular flexibility index (Phi) is 4.59. The van der Waals surface area contributed by atoms with Gasteiger partial charge < -0.3 is 10.6 Å². The Morgan fingerprint density at radius 3 is 2.76 bits per heavy atom. The van der Waals surface area contributed by atoms with E-state index in [-0.39, 0.29) is 11.8 Å². The Labute approximate surface area is 127 Å². The molecule has 0 bridgehead atoms. The van der Waals surface area contributed by atoms with Crippen LogP contribution >= 0.6 is 0 Å². The number of rotatable bonds is 4. The third-order valence-corrected chi connectivity index (χ3v) is 5.23. The van der Waals surface area contributed by atoms with Crippen LogP contribution in [0.4, 0.5) is 0 Å². The van der Waals surface area contributed by atoms with Crippen LogP contribution in [-0.4, -0.2) is 25.0 Å². The standard InChI is InChI=1S/C18H26N2O/c1-2-17(13-6-4-3-5-7-13)18(21)20-16-9-8-14-11-19-12-15(14)10-16/h3-7,14-17,19H,2,8-12H2,1H3,(H,20,21)/t14-,15+,16?,17?/m0/s1. The van der Waals surface area contributed by atoms with Gasteiger partial charge in [0.05, 0.1) is 5.92 Å². The topological polar surface area (TPSA) is 41.1 Å². The van der Waals surface area contributed by atoms with Crippen molar-refractivity contribution in [3.05, 3.63) is 35.9 Å². The highest BCUT2D eigenvalue weighted by Gasteiger charge is 2.34. The van der Waals surface area contributed by atoms with Crippen molar-refractivity contribution in [1.29, 1.82) is 0 Å². The highest BCUT2D eigenvalue weighted by atomic mass is 16.1. The number of amides is 1. The van der Waals surface area contributed by atoms with E-state index in [9.17, 15) is 4.79 Å². The molecule has 2 fully saturated rings. The van der Waals surface area contributed by atoms with Crippen molar-refractivity contribution < 1.29 is 4.79 Å². The zero-order valence-electron chi connectivity index (χ0n) is 12.8. The zero-order chi connectivity index (χ0) is 14.7. The Morgan fingerprint density at radius 1 is 1.24 bits per heavy atom. The maximum Gasteiger partial charge on any atom is 0.227 e. The van der Waals surface area contributed by atoms with Crippen LogP contribution in [0, 0.1) is 11.8 Å². The van der Waals surface area contributed by atoms with Gasteiger partial charge in [0.2, 0.25) is 5.91 Å². The lowest BCUT2D eigenvalue weighted by molar-refractivity contribution is -0.123. The lowest BCUT2D eigenvalue weighted by Crippen LogP contribution is -2.42. The van der Waals surface area contributed by atoms with Gasteiger partial charge >= 0.3 is 0 Å². The highest BCUT2D eigenvalue weighted by molar-refractivity contribution is 5.83. The fourth-order valence-electron chi connectivity index (χ4n) is 3.99. The minimum atomic E-state index is -0.00868. The predicted octanol–water partition coefficient (Wildman–Crippen LogP) is 2.68. The Bertz CT molecular complexity index is 473. The lowest BCUT2D eigenvalue weighted by Gasteiger charge is -2.32. The first-order valence-electron chi connectivity index (χ1n) is 8.34. The molecule has 3 heteroatoms. The van der Waals surface area contributed by atoms with Crippen LogP contribution in [0.1, 0.15) is 44.1 Å². The fourth-order valence-corrected chi connectivity index (χ4v) is 3.99. The molecule has 2 aliphatic rings. The summed E-state index contributed by atoms with van der Waals surface area (Å²) in [5.74, 6) is 1.80. The maximum atomic E-state index is 12.6. The molecule has 4 atom stereocenters. The minimum Gasteiger partial charge on any atom is -0.353 e. The van der Waals surface area contributed by atoms with Gasteiger partial charge in [-0.3, -0.25) is 4.79 Å². The first kappa shape index (κ1) is 14.6. The molecular formula is C18H26N2O. The SMILES string of the molecule is CCC(C(=O)NC1CC[C@H]2CNC[C@H]2C1)c1ccccc1. The smallest absolute Gasteiger partial charge is 0.227 e. The summed E-state index contributed by atoms with van der Waals surface area (Å²) < 4.78 is 0. The van der Waals surface area contributed by atoms with Gasteiger partial charge in [0.15, 0.2) is 0 Å². The second-order valence-electron chi connectivity index (χ2n) is 6.57. The molecule has 2 N–H and O–H groups in total. The number of hydrogen-bond donors (Lipinski definition) is 2. The summed E-state index contributed by atoms with van der Waals surface area (Å²) in [6.07, 6.45) is 4.40. The molecule has 0 aromatic heterocycles. The van der Waals surface area contributed by atoms with Gasteiger partial charge in [-0.1, -0.05) is 37.3 Å². The van der Waals surface area contributed by atoms with Gasteiger partial charge in [-0.15, -0.1) is 0 Å². The first-order chi connectivity index (χ1) is 10.3. The van der Waals surface area contributed by atoms with Crippen molar-refractivity contribution in [3.63, 3.8) is 0 Å². The van der Waals surface area contributed by atoms with E-state index in [1.54, 1.807) is 0 Å². The average molecular weight is 286 g/mol. The predicted molar refractivity (Wildman–Crippen MR) is 85.1 cm³/mol. The molecule has 1 aliphatic heterocycles.